The van der Waals surface area contributed by atoms with Gasteiger partial charge in [-0.25, -0.2) is 9.78 Å². The van der Waals surface area contributed by atoms with Gasteiger partial charge in [0.25, 0.3) is 5.91 Å². The number of hydrogen-bond acceptors (Lipinski definition) is 4. The highest BCUT2D eigenvalue weighted by Gasteiger charge is 2.07. The summed E-state index contributed by atoms with van der Waals surface area (Å²) in [5, 5.41) is 20.6. The van der Waals surface area contributed by atoms with E-state index in [0.717, 1.165) is 5.56 Å². The molecule has 22 heavy (non-hydrogen) atoms. The Hall–Kier alpha value is -3.15. The van der Waals surface area contributed by atoms with Crippen molar-refractivity contribution in [3.8, 4) is 5.75 Å². The van der Waals surface area contributed by atoms with Crippen molar-refractivity contribution in [1.29, 1.82) is 0 Å². The van der Waals surface area contributed by atoms with Crippen LogP contribution in [0.4, 0.5) is 5.69 Å². The van der Waals surface area contributed by atoms with Crippen LogP contribution in [-0.2, 0) is 4.79 Å². The Morgan fingerprint density at radius 3 is 2.36 bits per heavy atom. The molecule has 0 saturated carbocycles. The highest BCUT2D eigenvalue weighted by Crippen LogP contribution is 2.14. The number of aromatic carboxylic acids is 1. The number of carboxylic acid groups (broad SMARTS) is 1. The van der Waals surface area contributed by atoms with Gasteiger partial charge in [0.2, 0.25) is 0 Å². The number of anilines is 1. The van der Waals surface area contributed by atoms with Crippen LogP contribution in [0.25, 0.3) is 6.08 Å². The van der Waals surface area contributed by atoms with Crippen LogP contribution in [0.5, 0.6) is 5.75 Å². The Morgan fingerprint density at radius 2 is 1.82 bits per heavy atom. The number of aromatic nitrogens is 1. The summed E-state index contributed by atoms with van der Waals surface area (Å²) in [4.78, 5) is 26.4. The molecule has 0 bridgehead atoms. The molecule has 1 aromatic carbocycles. The van der Waals surface area contributed by atoms with Gasteiger partial charge in [0.15, 0.2) is 0 Å². The fourth-order valence-electron chi connectivity index (χ4n) is 1.71. The zero-order valence-corrected chi connectivity index (χ0v) is 11.8. The fourth-order valence-corrected chi connectivity index (χ4v) is 1.71. The highest BCUT2D eigenvalue weighted by atomic mass is 16.4. The third kappa shape index (κ3) is 3.92. The number of nitrogens with one attached hydrogen (secondary N) is 1. The summed E-state index contributed by atoms with van der Waals surface area (Å²) in [6, 6.07) is 9.24. The summed E-state index contributed by atoms with van der Waals surface area (Å²) in [5.74, 6) is -1.29. The molecule has 0 radical (unpaired) electrons. The molecule has 1 heterocycles. The molecule has 0 atom stereocenters. The quantitative estimate of drug-likeness (QED) is 0.753. The first-order valence-corrected chi connectivity index (χ1v) is 6.44. The van der Waals surface area contributed by atoms with Crippen LogP contribution in [-0.4, -0.2) is 27.1 Å². The van der Waals surface area contributed by atoms with Crippen molar-refractivity contribution < 1.29 is 19.8 Å². The molecule has 6 nitrogen and oxygen atoms in total. The summed E-state index contributed by atoms with van der Waals surface area (Å²) in [6.07, 6.45) is 2.96. The lowest BCUT2D eigenvalue weighted by molar-refractivity contribution is -0.112. The molecular formula is C16H14N2O4. The summed E-state index contributed by atoms with van der Waals surface area (Å²) < 4.78 is 0. The van der Waals surface area contributed by atoms with Gasteiger partial charge in [0, 0.05) is 5.57 Å². The van der Waals surface area contributed by atoms with E-state index >= 15 is 0 Å². The van der Waals surface area contributed by atoms with Gasteiger partial charge < -0.3 is 15.5 Å². The Kier molecular flexibility index (Phi) is 4.53. The van der Waals surface area contributed by atoms with Gasteiger partial charge in [-0.05, 0) is 42.8 Å². The first-order valence-electron chi connectivity index (χ1n) is 6.44. The van der Waals surface area contributed by atoms with Gasteiger partial charge in [0.05, 0.1) is 11.9 Å². The van der Waals surface area contributed by atoms with Crippen molar-refractivity contribution in [2.45, 2.75) is 6.92 Å². The average molecular weight is 298 g/mol. The van der Waals surface area contributed by atoms with E-state index in [9.17, 15) is 14.7 Å². The summed E-state index contributed by atoms with van der Waals surface area (Å²) in [7, 11) is 0. The number of phenols is 1. The van der Waals surface area contributed by atoms with Gasteiger partial charge in [-0.15, -0.1) is 0 Å². The van der Waals surface area contributed by atoms with E-state index in [1.807, 2.05) is 0 Å². The second-order valence-corrected chi connectivity index (χ2v) is 4.61. The second-order valence-electron chi connectivity index (χ2n) is 4.61. The molecule has 0 saturated heterocycles. The minimum atomic E-state index is -1.12. The SMILES string of the molecule is C/C(=C\c1ccc(O)cc1)C(=O)Nc1ccc(C(=O)O)nc1. The van der Waals surface area contributed by atoms with Crippen molar-refractivity contribution in [2.75, 3.05) is 5.32 Å². The van der Waals surface area contributed by atoms with Gasteiger partial charge >= 0.3 is 5.97 Å². The number of carbonyl (C=O) groups excluding carboxylic acids is 1. The largest absolute Gasteiger partial charge is 0.508 e. The number of benzene rings is 1. The third-order valence-corrected chi connectivity index (χ3v) is 2.87. The Morgan fingerprint density at radius 1 is 1.14 bits per heavy atom. The highest BCUT2D eigenvalue weighted by molar-refractivity contribution is 6.06. The maximum atomic E-state index is 12.0. The Labute approximate surface area is 126 Å². The van der Waals surface area contributed by atoms with Gasteiger partial charge in [0.1, 0.15) is 11.4 Å². The Bertz CT molecular complexity index is 719. The lowest BCUT2D eigenvalue weighted by Gasteiger charge is -2.05. The maximum absolute atomic E-state index is 12.0. The van der Waals surface area contributed by atoms with E-state index in [2.05, 4.69) is 10.3 Å². The minimum Gasteiger partial charge on any atom is -0.508 e. The molecule has 0 aliphatic carbocycles. The standard InChI is InChI=1S/C16H14N2O4/c1-10(8-11-2-5-13(19)6-3-11)15(20)18-12-4-7-14(16(21)22)17-9-12/h2-9,19H,1H3,(H,18,20)(H,21,22)/b10-8+. The molecule has 0 fully saturated rings. The number of amides is 1. The van der Waals surface area contributed by atoms with Crippen molar-refractivity contribution in [3.63, 3.8) is 0 Å². The van der Waals surface area contributed by atoms with Crippen molar-refractivity contribution in [3.05, 3.63) is 59.4 Å². The molecule has 0 aliphatic heterocycles. The molecule has 112 valence electrons. The van der Waals surface area contributed by atoms with Crippen LogP contribution in [0.15, 0.2) is 48.2 Å². The van der Waals surface area contributed by atoms with E-state index in [4.69, 9.17) is 5.11 Å². The van der Waals surface area contributed by atoms with Crippen LogP contribution in [0, 0.1) is 0 Å². The monoisotopic (exact) mass is 298 g/mol. The molecule has 3 N–H and O–H groups in total. The van der Waals surface area contributed by atoms with Crippen LogP contribution >= 0.6 is 0 Å². The molecule has 1 aromatic heterocycles. The summed E-state index contributed by atoms with van der Waals surface area (Å²) >= 11 is 0. The average Bonchev–Trinajstić information content (AvgIpc) is 2.50. The first kappa shape index (κ1) is 15.2. The minimum absolute atomic E-state index is 0.0886. The molecule has 0 spiro atoms. The summed E-state index contributed by atoms with van der Waals surface area (Å²) in [6.45, 7) is 1.65. The van der Waals surface area contributed by atoms with Gasteiger partial charge in [-0.2, -0.15) is 0 Å². The first-order chi connectivity index (χ1) is 10.5. The molecule has 0 aliphatic rings. The fraction of sp³-hybridized carbons (Fsp3) is 0.0625. The number of aromatic hydroxyl groups is 1. The van der Waals surface area contributed by atoms with Crippen molar-refractivity contribution >= 4 is 23.6 Å². The van der Waals surface area contributed by atoms with Gasteiger partial charge in [-0.1, -0.05) is 12.1 Å². The van der Waals surface area contributed by atoms with Crippen LogP contribution in [0.1, 0.15) is 23.0 Å². The van der Waals surface area contributed by atoms with Crippen LogP contribution in [0.3, 0.4) is 0 Å². The molecular weight excluding hydrogens is 284 g/mol. The smallest absolute Gasteiger partial charge is 0.354 e. The Balaban J connectivity index is 2.07. The second kappa shape index (κ2) is 6.53. The van der Waals surface area contributed by atoms with E-state index in [1.54, 1.807) is 25.1 Å². The zero-order valence-electron chi connectivity index (χ0n) is 11.8. The number of carbonyl (C=O) groups is 2. The lowest BCUT2D eigenvalue weighted by atomic mass is 10.1. The number of rotatable bonds is 4. The number of carboxylic acids is 1. The van der Waals surface area contributed by atoms with E-state index in [1.165, 1.54) is 30.5 Å². The van der Waals surface area contributed by atoms with Crippen molar-refractivity contribution in [2.24, 2.45) is 0 Å². The maximum Gasteiger partial charge on any atom is 0.354 e. The summed E-state index contributed by atoms with van der Waals surface area (Å²) in [5.41, 5.74) is 1.57. The third-order valence-electron chi connectivity index (χ3n) is 2.87. The predicted octanol–water partition coefficient (Wildman–Crippen LogP) is 2.53. The van der Waals surface area contributed by atoms with Crippen LogP contribution < -0.4 is 5.32 Å². The van der Waals surface area contributed by atoms with E-state index in [-0.39, 0.29) is 17.4 Å². The van der Waals surface area contributed by atoms with E-state index < -0.39 is 5.97 Å². The predicted molar refractivity (Wildman–Crippen MR) is 81.6 cm³/mol. The van der Waals surface area contributed by atoms with E-state index in [0.29, 0.717) is 11.3 Å². The van der Waals surface area contributed by atoms with Crippen molar-refractivity contribution in [1.82, 2.24) is 4.98 Å². The molecule has 2 rings (SSSR count). The lowest BCUT2D eigenvalue weighted by Crippen LogP contribution is -2.13. The number of nitrogens with zero attached hydrogens (tertiary/aromatic N) is 1. The zero-order chi connectivity index (χ0) is 16.1. The number of pyridine rings is 1. The normalized spacial score (nSPS) is 11.0. The molecule has 6 heteroatoms. The number of phenolic OH excluding ortho intramolecular Hbond substituents is 1. The molecule has 0 unspecified atom stereocenters. The molecule has 2 aromatic rings. The number of hydrogen-bond donors (Lipinski definition) is 3. The molecule has 1 amide bonds. The van der Waals surface area contributed by atoms with Crippen LogP contribution in [0.2, 0.25) is 0 Å². The van der Waals surface area contributed by atoms with Gasteiger partial charge in [-0.3, -0.25) is 4.79 Å². The topological polar surface area (TPSA) is 99.5 Å².